The number of benzene rings is 1. The molecule has 0 saturated heterocycles. The maximum atomic E-state index is 13.3. The van der Waals surface area contributed by atoms with Crippen molar-refractivity contribution in [2.24, 2.45) is 0 Å². The number of nitrogens with two attached hydrogens (primary N) is 1. The van der Waals surface area contributed by atoms with Crippen LogP contribution < -0.4 is 5.73 Å². The van der Waals surface area contributed by atoms with Gasteiger partial charge in [0.05, 0.1) is 23.5 Å². The molecule has 0 atom stereocenters. The quantitative estimate of drug-likeness (QED) is 0.677. The van der Waals surface area contributed by atoms with Crippen LogP contribution in [0.25, 0.3) is 22.0 Å². The summed E-state index contributed by atoms with van der Waals surface area (Å²) in [4.78, 5) is 3.63. The molecule has 8 heteroatoms. The number of anilines is 1. The number of pyridine rings is 1. The van der Waals surface area contributed by atoms with Gasteiger partial charge in [-0.3, -0.25) is 5.10 Å². The van der Waals surface area contributed by atoms with E-state index in [2.05, 4.69) is 15.2 Å². The van der Waals surface area contributed by atoms with E-state index < -0.39 is 17.6 Å². The number of alkyl halides is 3. The molecule has 0 bridgehead atoms. The van der Waals surface area contributed by atoms with Gasteiger partial charge in [-0.05, 0) is 23.8 Å². The Morgan fingerprint density at radius 3 is 2.52 bits per heavy atom. The van der Waals surface area contributed by atoms with Crippen LogP contribution in [0.15, 0.2) is 30.6 Å². The summed E-state index contributed by atoms with van der Waals surface area (Å²) < 4.78 is 52.2. The molecule has 108 valence electrons. The maximum absolute atomic E-state index is 13.3. The predicted octanol–water partition coefficient (Wildman–Crippen LogP) is 3.37. The van der Waals surface area contributed by atoms with E-state index in [0.29, 0.717) is 5.39 Å². The first-order chi connectivity index (χ1) is 9.86. The first kappa shape index (κ1) is 13.3. The van der Waals surface area contributed by atoms with E-state index in [1.807, 2.05) is 0 Å². The number of nitrogens with zero attached hydrogens (tertiary/aromatic N) is 2. The monoisotopic (exact) mass is 296 g/mol. The Morgan fingerprint density at radius 2 is 1.81 bits per heavy atom. The van der Waals surface area contributed by atoms with E-state index in [-0.39, 0.29) is 22.5 Å². The number of halogens is 4. The molecule has 0 saturated carbocycles. The molecule has 2 heterocycles. The Morgan fingerprint density at radius 1 is 1.05 bits per heavy atom. The lowest BCUT2D eigenvalue weighted by Gasteiger charge is -2.11. The number of rotatable bonds is 1. The van der Waals surface area contributed by atoms with Gasteiger partial charge in [0.1, 0.15) is 11.6 Å². The highest BCUT2D eigenvalue weighted by Crippen LogP contribution is 2.37. The molecule has 0 fully saturated rings. The van der Waals surface area contributed by atoms with Gasteiger partial charge in [-0.2, -0.15) is 18.3 Å². The summed E-state index contributed by atoms with van der Waals surface area (Å²) in [7, 11) is 0. The molecule has 0 amide bonds. The molecule has 0 aliphatic rings. The van der Waals surface area contributed by atoms with E-state index in [1.165, 1.54) is 6.20 Å². The third kappa shape index (κ3) is 2.28. The average molecular weight is 296 g/mol. The van der Waals surface area contributed by atoms with Crippen LogP contribution in [-0.2, 0) is 6.18 Å². The van der Waals surface area contributed by atoms with E-state index in [4.69, 9.17) is 5.73 Å². The van der Waals surface area contributed by atoms with Crippen molar-refractivity contribution in [3.63, 3.8) is 0 Å². The number of hydrogen-bond acceptors (Lipinski definition) is 3. The molecule has 0 spiro atoms. The van der Waals surface area contributed by atoms with Crippen molar-refractivity contribution in [3.05, 3.63) is 42.0 Å². The van der Waals surface area contributed by atoms with Crippen molar-refractivity contribution in [2.75, 3.05) is 5.73 Å². The van der Waals surface area contributed by atoms with Crippen molar-refractivity contribution in [1.82, 2.24) is 15.2 Å². The summed E-state index contributed by atoms with van der Waals surface area (Å²) in [6.07, 6.45) is -2.28. The van der Waals surface area contributed by atoms with Crippen molar-refractivity contribution in [3.8, 4) is 11.1 Å². The van der Waals surface area contributed by atoms with Gasteiger partial charge in [-0.25, -0.2) is 9.37 Å². The molecule has 0 radical (unpaired) electrons. The number of H-pyrrole nitrogens is 1. The number of hydrogen-bond donors (Lipinski definition) is 2. The number of aromatic amines is 1. The summed E-state index contributed by atoms with van der Waals surface area (Å²) in [5, 5.41) is 6.59. The van der Waals surface area contributed by atoms with E-state index in [0.717, 1.165) is 24.4 Å². The lowest BCUT2D eigenvalue weighted by atomic mass is 9.99. The lowest BCUT2D eigenvalue weighted by Crippen LogP contribution is -2.05. The average Bonchev–Trinajstić information content (AvgIpc) is 2.87. The molecule has 3 aromatic rings. The van der Waals surface area contributed by atoms with Gasteiger partial charge in [-0.15, -0.1) is 0 Å². The zero-order valence-corrected chi connectivity index (χ0v) is 10.4. The highest BCUT2D eigenvalue weighted by Gasteiger charge is 2.32. The highest BCUT2D eigenvalue weighted by molar-refractivity contribution is 5.97. The molecule has 21 heavy (non-hydrogen) atoms. The first-order valence-electron chi connectivity index (χ1n) is 5.82. The normalized spacial score (nSPS) is 12.0. The van der Waals surface area contributed by atoms with Crippen LogP contribution in [0.1, 0.15) is 5.56 Å². The maximum Gasteiger partial charge on any atom is 0.416 e. The summed E-state index contributed by atoms with van der Waals surface area (Å²) in [5.41, 5.74) is 5.17. The second-order valence-corrected chi connectivity index (χ2v) is 4.44. The van der Waals surface area contributed by atoms with Crippen LogP contribution in [0.2, 0.25) is 0 Å². The van der Waals surface area contributed by atoms with Crippen LogP contribution in [0.3, 0.4) is 0 Å². The van der Waals surface area contributed by atoms with Gasteiger partial charge in [0.15, 0.2) is 0 Å². The lowest BCUT2D eigenvalue weighted by molar-refractivity contribution is -0.137. The third-order valence-electron chi connectivity index (χ3n) is 3.06. The molecule has 1 aromatic carbocycles. The summed E-state index contributed by atoms with van der Waals surface area (Å²) in [5.74, 6) is -0.744. The van der Waals surface area contributed by atoms with E-state index in [1.54, 1.807) is 0 Å². The van der Waals surface area contributed by atoms with Crippen LogP contribution in [0.5, 0.6) is 0 Å². The minimum absolute atomic E-state index is 0.0572. The van der Waals surface area contributed by atoms with E-state index >= 15 is 0 Å². The number of nitrogens with one attached hydrogen (secondary N) is 1. The molecule has 0 aliphatic heterocycles. The molecule has 0 unspecified atom stereocenters. The van der Waals surface area contributed by atoms with Gasteiger partial charge in [0, 0.05) is 10.9 Å². The topological polar surface area (TPSA) is 67.6 Å². The Balaban J connectivity index is 2.35. The van der Waals surface area contributed by atoms with Crippen molar-refractivity contribution in [1.29, 1.82) is 0 Å². The summed E-state index contributed by atoms with van der Waals surface area (Å²) >= 11 is 0. The Bertz CT molecular complexity index is 823. The van der Waals surface area contributed by atoms with Crippen LogP contribution in [0.4, 0.5) is 23.4 Å². The van der Waals surface area contributed by atoms with Crippen molar-refractivity contribution >= 4 is 16.7 Å². The minimum atomic E-state index is -4.54. The molecule has 2 aromatic heterocycles. The Hall–Kier alpha value is -2.64. The van der Waals surface area contributed by atoms with Gasteiger partial charge in [-0.1, -0.05) is 0 Å². The van der Waals surface area contributed by atoms with Gasteiger partial charge < -0.3 is 5.73 Å². The molecule has 3 rings (SSSR count). The molecular formula is C13H8F4N4. The predicted molar refractivity (Wildman–Crippen MR) is 68.7 cm³/mol. The highest BCUT2D eigenvalue weighted by atomic mass is 19.4. The number of aromatic nitrogens is 3. The number of fused-ring (bicyclic) bond motifs is 1. The van der Waals surface area contributed by atoms with Gasteiger partial charge >= 0.3 is 6.18 Å². The SMILES string of the molecule is Nc1ncc(F)cc1-c1cc(C(F)(F)F)cc2[nH]ncc12. The Kier molecular flexibility index (Phi) is 2.82. The smallest absolute Gasteiger partial charge is 0.383 e. The van der Waals surface area contributed by atoms with Gasteiger partial charge in [0.2, 0.25) is 0 Å². The van der Waals surface area contributed by atoms with Gasteiger partial charge in [0.25, 0.3) is 0 Å². The van der Waals surface area contributed by atoms with Crippen LogP contribution in [-0.4, -0.2) is 15.2 Å². The minimum Gasteiger partial charge on any atom is -0.383 e. The largest absolute Gasteiger partial charge is 0.416 e. The fourth-order valence-corrected chi connectivity index (χ4v) is 2.10. The first-order valence-corrected chi connectivity index (χ1v) is 5.82. The van der Waals surface area contributed by atoms with E-state index in [9.17, 15) is 17.6 Å². The van der Waals surface area contributed by atoms with Crippen molar-refractivity contribution in [2.45, 2.75) is 6.18 Å². The number of nitrogen functional groups attached to an aromatic ring is 1. The summed E-state index contributed by atoms with van der Waals surface area (Å²) in [6.45, 7) is 0. The zero-order chi connectivity index (χ0) is 15.2. The second-order valence-electron chi connectivity index (χ2n) is 4.44. The standard InChI is InChI=1S/C13H8F4N4/c14-7-3-9(12(18)19-4-7)8-1-6(13(15,16)17)2-11-10(8)5-20-21-11/h1-5H,(H2,18,19)(H,20,21). The fraction of sp³-hybridized carbons (Fsp3) is 0.0769. The Labute approximate surface area is 115 Å². The molecule has 3 N–H and O–H groups in total. The fourth-order valence-electron chi connectivity index (χ4n) is 2.10. The summed E-state index contributed by atoms with van der Waals surface area (Å²) in [6, 6.07) is 2.89. The molecular weight excluding hydrogens is 288 g/mol. The molecule has 0 aliphatic carbocycles. The van der Waals surface area contributed by atoms with Crippen molar-refractivity contribution < 1.29 is 17.6 Å². The molecule has 4 nitrogen and oxygen atoms in total. The zero-order valence-electron chi connectivity index (χ0n) is 10.4. The van der Waals surface area contributed by atoms with Crippen LogP contribution >= 0.6 is 0 Å². The second kappa shape index (κ2) is 4.44. The third-order valence-corrected chi connectivity index (χ3v) is 3.06. The van der Waals surface area contributed by atoms with Crippen LogP contribution in [0, 0.1) is 5.82 Å².